The van der Waals surface area contributed by atoms with Crippen molar-refractivity contribution in [3.05, 3.63) is 40.5 Å². The average Bonchev–Trinajstić information content (AvgIpc) is 2.90. The SMILES string of the molecule is CCN1CCc2ccc(Nc3ncc(Cl)c(NC(C)(C)CNS(C)(=O)=O)n3)cc2CC1. The van der Waals surface area contributed by atoms with Crippen LogP contribution in [0.3, 0.4) is 0 Å². The van der Waals surface area contributed by atoms with Gasteiger partial charge in [0.1, 0.15) is 5.02 Å². The third-order valence-electron chi connectivity index (χ3n) is 5.28. The largest absolute Gasteiger partial charge is 0.362 e. The van der Waals surface area contributed by atoms with Gasteiger partial charge in [-0.1, -0.05) is 24.6 Å². The van der Waals surface area contributed by atoms with E-state index in [4.69, 9.17) is 11.6 Å². The summed E-state index contributed by atoms with van der Waals surface area (Å²) >= 11 is 6.28. The van der Waals surface area contributed by atoms with E-state index in [1.807, 2.05) is 19.9 Å². The zero-order valence-corrected chi connectivity index (χ0v) is 20.1. The molecule has 1 aromatic carbocycles. The first-order valence-electron chi connectivity index (χ1n) is 10.4. The van der Waals surface area contributed by atoms with E-state index < -0.39 is 15.6 Å². The Morgan fingerprint density at radius 2 is 1.90 bits per heavy atom. The standard InChI is InChI=1S/C21H31ClN6O2S/c1-5-28-10-8-15-6-7-17(12-16(15)9-11-28)25-20-23-13-18(22)19(26-20)27-21(2,3)14-24-31(4,29)30/h6-7,12-13,24H,5,8-11,14H2,1-4H3,(H2,23,25,26,27). The van der Waals surface area contributed by atoms with E-state index >= 15 is 0 Å². The highest BCUT2D eigenvalue weighted by atomic mass is 35.5. The number of fused-ring (bicyclic) bond motifs is 1. The summed E-state index contributed by atoms with van der Waals surface area (Å²) < 4.78 is 25.3. The molecule has 2 heterocycles. The lowest BCUT2D eigenvalue weighted by Gasteiger charge is -2.27. The molecule has 8 nitrogen and oxygen atoms in total. The number of aromatic nitrogens is 2. The number of rotatable bonds is 8. The number of hydrogen-bond acceptors (Lipinski definition) is 7. The van der Waals surface area contributed by atoms with Crippen molar-refractivity contribution in [3.8, 4) is 0 Å². The number of anilines is 3. The molecule has 2 aromatic rings. The number of nitrogens with one attached hydrogen (secondary N) is 3. The van der Waals surface area contributed by atoms with Gasteiger partial charge in [-0.2, -0.15) is 4.98 Å². The van der Waals surface area contributed by atoms with Gasteiger partial charge in [-0.15, -0.1) is 0 Å². The average molecular weight is 467 g/mol. The highest BCUT2D eigenvalue weighted by Crippen LogP contribution is 2.26. The fourth-order valence-electron chi connectivity index (χ4n) is 3.49. The monoisotopic (exact) mass is 466 g/mol. The van der Waals surface area contributed by atoms with Gasteiger partial charge in [0.15, 0.2) is 5.82 Å². The van der Waals surface area contributed by atoms with E-state index in [1.54, 1.807) is 0 Å². The van der Waals surface area contributed by atoms with Crippen LogP contribution in [0.15, 0.2) is 24.4 Å². The molecule has 0 amide bonds. The fraction of sp³-hybridized carbons (Fsp3) is 0.524. The molecule has 31 heavy (non-hydrogen) atoms. The summed E-state index contributed by atoms with van der Waals surface area (Å²) in [7, 11) is -3.30. The molecule has 1 aliphatic rings. The van der Waals surface area contributed by atoms with Crippen LogP contribution >= 0.6 is 11.6 Å². The molecular formula is C21H31ClN6O2S. The molecule has 0 radical (unpaired) electrons. The van der Waals surface area contributed by atoms with Crippen LogP contribution < -0.4 is 15.4 Å². The first kappa shape index (κ1) is 23.7. The van der Waals surface area contributed by atoms with Crippen LogP contribution in [0.4, 0.5) is 17.5 Å². The van der Waals surface area contributed by atoms with E-state index in [9.17, 15) is 8.42 Å². The highest BCUT2D eigenvalue weighted by molar-refractivity contribution is 7.88. The second-order valence-electron chi connectivity index (χ2n) is 8.54. The fourth-order valence-corrected chi connectivity index (χ4v) is 4.25. The minimum Gasteiger partial charge on any atom is -0.362 e. The van der Waals surface area contributed by atoms with Gasteiger partial charge in [0, 0.05) is 30.9 Å². The minimum atomic E-state index is -3.30. The second-order valence-corrected chi connectivity index (χ2v) is 10.8. The van der Waals surface area contributed by atoms with Crippen molar-refractivity contribution in [1.82, 2.24) is 19.6 Å². The maximum Gasteiger partial charge on any atom is 0.229 e. The summed E-state index contributed by atoms with van der Waals surface area (Å²) in [4.78, 5) is 11.3. The molecule has 0 unspecified atom stereocenters. The topological polar surface area (TPSA) is 99.2 Å². The van der Waals surface area contributed by atoms with Crippen LogP contribution in [0.1, 0.15) is 31.9 Å². The quantitative estimate of drug-likeness (QED) is 0.549. The Labute approximate surface area is 189 Å². The molecule has 0 aliphatic carbocycles. The zero-order valence-electron chi connectivity index (χ0n) is 18.5. The van der Waals surface area contributed by atoms with Crippen molar-refractivity contribution >= 4 is 39.1 Å². The first-order valence-corrected chi connectivity index (χ1v) is 12.7. The molecule has 3 rings (SSSR count). The van der Waals surface area contributed by atoms with E-state index in [2.05, 4.69) is 49.3 Å². The van der Waals surface area contributed by atoms with Crippen LogP contribution in [0, 0.1) is 0 Å². The lowest BCUT2D eigenvalue weighted by Crippen LogP contribution is -2.44. The van der Waals surface area contributed by atoms with E-state index in [1.165, 1.54) is 17.3 Å². The van der Waals surface area contributed by atoms with Gasteiger partial charge >= 0.3 is 0 Å². The highest BCUT2D eigenvalue weighted by Gasteiger charge is 2.22. The van der Waals surface area contributed by atoms with Gasteiger partial charge in [-0.05, 0) is 56.5 Å². The first-order chi connectivity index (χ1) is 14.5. The van der Waals surface area contributed by atoms with Crippen molar-refractivity contribution < 1.29 is 8.42 Å². The van der Waals surface area contributed by atoms with Crippen LogP contribution in [-0.4, -0.2) is 61.3 Å². The molecule has 3 N–H and O–H groups in total. The Morgan fingerprint density at radius 3 is 2.58 bits per heavy atom. The lowest BCUT2D eigenvalue weighted by atomic mass is 10.0. The minimum absolute atomic E-state index is 0.189. The Balaban J connectivity index is 1.73. The molecule has 0 bridgehead atoms. The van der Waals surface area contributed by atoms with Gasteiger partial charge < -0.3 is 15.5 Å². The number of sulfonamides is 1. The van der Waals surface area contributed by atoms with Crippen LogP contribution in [0.2, 0.25) is 5.02 Å². The predicted octanol–water partition coefficient (Wildman–Crippen LogP) is 3.03. The molecule has 170 valence electrons. The molecule has 1 aliphatic heterocycles. The molecule has 1 aromatic heterocycles. The lowest BCUT2D eigenvalue weighted by molar-refractivity contribution is 0.303. The van der Waals surface area contributed by atoms with Crippen molar-refractivity contribution in [1.29, 1.82) is 0 Å². The normalized spacial score (nSPS) is 15.3. The molecule has 0 saturated heterocycles. The van der Waals surface area contributed by atoms with Gasteiger partial charge in [-0.25, -0.2) is 18.1 Å². The summed E-state index contributed by atoms with van der Waals surface area (Å²) in [6, 6.07) is 6.39. The van der Waals surface area contributed by atoms with Gasteiger partial charge in [0.2, 0.25) is 16.0 Å². The van der Waals surface area contributed by atoms with Crippen molar-refractivity contribution in [3.63, 3.8) is 0 Å². The van der Waals surface area contributed by atoms with Crippen LogP contribution in [-0.2, 0) is 22.9 Å². The van der Waals surface area contributed by atoms with E-state index in [0.29, 0.717) is 16.8 Å². The number of benzene rings is 1. The van der Waals surface area contributed by atoms with Crippen LogP contribution in [0.5, 0.6) is 0 Å². The Kier molecular flexibility index (Phi) is 7.41. The van der Waals surface area contributed by atoms with Crippen molar-refractivity contribution in [2.75, 3.05) is 43.1 Å². The number of halogens is 1. The summed E-state index contributed by atoms with van der Waals surface area (Å²) in [6.45, 7) is 9.35. The van der Waals surface area contributed by atoms with Gasteiger partial charge in [-0.3, -0.25) is 0 Å². The van der Waals surface area contributed by atoms with Crippen molar-refractivity contribution in [2.24, 2.45) is 0 Å². The predicted molar refractivity (Wildman–Crippen MR) is 127 cm³/mol. The third kappa shape index (κ3) is 7.03. The Morgan fingerprint density at radius 1 is 1.19 bits per heavy atom. The van der Waals surface area contributed by atoms with E-state index in [-0.39, 0.29) is 6.54 Å². The molecule has 0 fully saturated rings. The Bertz CT molecular complexity index is 1030. The number of nitrogens with zero attached hydrogens (tertiary/aromatic N) is 3. The summed E-state index contributed by atoms with van der Waals surface area (Å²) in [6.07, 6.45) is 4.74. The molecule has 0 atom stereocenters. The van der Waals surface area contributed by atoms with E-state index in [0.717, 1.165) is 44.4 Å². The summed E-state index contributed by atoms with van der Waals surface area (Å²) in [5, 5.41) is 6.82. The summed E-state index contributed by atoms with van der Waals surface area (Å²) in [5.41, 5.74) is 3.06. The molecular weight excluding hydrogens is 436 g/mol. The van der Waals surface area contributed by atoms with Crippen LogP contribution in [0.25, 0.3) is 0 Å². The maximum atomic E-state index is 11.4. The third-order valence-corrected chi connectivity index (χ3v) is 6.23. The summed E-state index contributed by atoms with van der Waals surface area (Å²) in [5.74, 6) is 0.857. The second kappa shape index (κ2) is 9.68. The number of hydrogen-bond donors (Lipinski definition) is 3. The smallest absolute Gasteiger partial charge is 0.229 e. The van der Waals surface area contributed by atoms with Gasteiger partial charge in [0.25, 0.3) is 0 Å². The van der Waals surface area contributed by atoms with Gasteiger partial charge in [0.05, 0.1) is 12.5 Å². The zero-order chi connectivity index (χ0) is 22.6. The molecule has 0 spiro atoms. The van der Waals surface area contributed by atoms with Crippen molar-refractivity contribution in [2.45, 2.75) is 39.2 Å². The maximum absolute atomic E-state index is 11.4. The molecule has 10 heteroatoms. The number of likely N-dealkylation sites (N-methyl/N-ethyl adjacent to an activating group) is 1. The Hall–Kier alpha value is -1.94. The molecule has 0 saturated carbocycles.